The SMILES string of the molecule is CCCC(CO)[C@H](N)C(=O)O. The number of aliphatic hydroxyl groups is 1. The lowest BCUT2D eigenvalue weighted by Crippen LogP contribution is -2.39. The molecule has 0 aromatic heterocycles. The molecule has 0 saturated carbocycles. The zero-order valence-corrected chi connectivity index (χ0v) is 6.66. The van der Waals surface area contributed by atoms with E-state index < -0.39 is 12.0 Å². The number of nitrogens with two attached hydrogens (primary N) is 1. The average molecular weight is 161 g/mol. The van der Waals surface area contributed by atoms with E-state index in [-0.39, 0.29) is 12.5 Å². The van der Waals surface area contributed by atoms with Crippen LogP contribution in [0.5, 0.6) is 0 Å². The molecule has 4 nitrogen and oxygen atoms in total. The molecule has 0 aliphatic heterocycles. The van der Waals surface area contributed by atoms with E-state index >= 15 is 0 Å². The highest BCUT2D eigenvalue weighted by atomic mass is 16.4. The maximum absolute atomic E-state index is 10.3. The standard InChI is InChI=1S/C7H15NO3/c1-2-3-5(4-9)6(8)7(10)11/h5-6,9H,2-4,8H2,1H3,(H,10,11)/t5?,6-/m0/s1. The minimum absolute atomic E-state index is 0.151. The second-order valence-electron chi connectivity index (χ2n) is 2.60. The Kier molecular flexibility index (Phi) is 4.81. The van der Waals surface area contributed by atoms with Gasteiger partial charge in [-0.15, -0.1) is 0 Å². The van der Waals surface area contributed by atoms with Crippen LogP contribution in [-0.4, -0.2) is 28.8 Å². The van der Waals surface area contributed by atoms with Gasteiger partial charge in [-0.25, -0.2) is 0 Å². The summed E-state index contributed by atoms with van der Waals surface area (Å²) in [6.07, 6.45) is 1.50. The molecule has 0 rings (SSSR count). The van der Waals surface area contributed by atoms with Crippen LogP contribution in [-0.2, 0) is 4.79 Å². The van der Waals surface area contributed by atoms with Crippen molar-refractivity contribution in [1.29, 1.82) is 0 Å². The van der Waals surface area contributed by atoms with Gasteiger partial charge in [-0.2, -0.15) is 0 Å². The number of aliphatic hydroxyl groups excluding tert-OH is 1. The van der Waals surface area contributed by atoms with Crippen LogP contribution in [0.3, 0.4) is 0 Å². The van der Waals surface area contributed by atoms with E-state index in [1.807, 2.05) is 6.92 Å². The van der Waals surface area contributed by atoms with Crippen LogP contribution in [0, 0.1) is 5.92 Å². The lowest BCUT2D eigenvalue weighted by atomic mass is 9.97. The van der Waals surface area contributed by atoms with Crippen molar-refractivity contribution in [2.24, 2.45) is 11.7 Å². The van der Waals surface area contributed by atoms with Gasteiger partial charge in [-0.1, -0.05) is 13.3 Å². The highest BCUT2D eigenvalue weighted by Gasteiger charge is 2.22. The summed E-state index contributed by atoms with van der Waals surface area (Å²) in [5.41, 5.74) is 5.30. The Bertz CT molecular complexity index is 127. The van der Waals surface area contributed by atoms with Crippen LogP contribution in [0.15, 0.2) is 0 Å². The number of rotatable bonds is 5. The number of hydrogen-bond acceptors (Lipinski definition) is 3. The fraction of sp³-hybridized carbons (Fsp3) is 0.857. The van der Waals surface area contributed by atoms with E-state index in [0.717, 1.165) is 6.42 Å². The van der Waals surface area contributed by atoms with Gasteiger partial charge in [0.1, 0.15) is 6.04 Å². The van der Waals surface area contributed by atoms with E-state index in [9.17, 15) is 4.79 Å². The van der Waals surface area contributed by atoms with Crippen molar-refractivity contribution >= 4 is 5.97 Å². The van der Waals surface area contributed by atoms with Crippen molar-refractivity contribution in [1.82, 2.24) is 0 Å². The van der Waals surface area contributed by atoms with Crippen LogP contribution in [0.25, 0.3) is 0 Å². The summed E-state index contributed by atoms with van der Waals surface area (Å²) < 4.78 is 0. The summed E-state index contributed by atoms with van der Waals surface area (Å²) in [6.45, 7) is 1.78. The van der Waals surface area contributed by atoms with Crippen LogP contribution in [0.2, 0.25) is 0 Å². The maximum Gasteiger partial charge on any atom is 0.320 e. The molecule has 0 saturated heterocycles. The van der Waals surface area contributed by atoms with Crippen molar-refractivity contribution < 1.29 is 15.0 Å². The summed E-state index contributed by atoms with van der Waals surface area (Å²) in [5, 5.41) is 17.2. The highest BCUT2D eigenvalue weighted by molar-refractivity contribution is 5.73. The first-order chi connectivity index (χ1) is 5.13. The van der Waals surface area contributed by atoms with E-state index in [2.05, 4.69) is 0 Å². The molecule has 0 spiro atoms. The molecule has 0 bridgehead atoms. The first-order valence-corrected chi connectivity index (χ1v) is 3.72. The summed E-state index contributed by atoms with van der Waals surface area (Å²) >= 11 is 0. The predicted molar refractivity (Wildman–Crippen MR) is 41.1 cm³/mol. The lowest BCUT2D eigenvalue weighted by molar-refractivity contribution is -0.140. The van der Waals surface area contributed by atoms with Crippen molar-refractivity contribution in [2.45, 2.75) is 25.8 Å². The fourth-order valence-corrected chi connectivity index (χ4v) is 0.957. The summed E-state index contributed by atoms with van der Waals surface area (Å²) in [6, 6.07) is -0.931. The third kappa shape index (κ3) is 3.34. The molecule has 0 aromatic carbocycles. The molecule has 0 radical (unpaired) electrons. The molecule has 2 atom stereocenters. The number of aliphatic carboxylic acids is 1. The summed E-state index contributed by atoms with van der Waals surface area (Å²) in [4.78, 5) is 10.3. The number of hydrogen-bond donors (Lipinski definition) is 3. The zero-order valence-electron chi connectivity index (χ0n) is 6.66. The molecule has 0 aliphatic carbocycles. The molecular formula is C7H15NO3. The fourth-order valence-electron chi connectivity index (χ4n) is 0.957. The second-order valence-corrected chi connectivity index (χ2v) is 2.60. The zero-order chi connectivity index (χ0) is 8.85. The topological polar surface area (TPSA) is 83.5 Å². The monoisotopic (exact) mass is 161 g/mol. The van der Waals surface area contributed by atoms with E-state index in [4.69, 9.17) is 15.9 Å². The number of carbonyl (C=O) groups is 1. The predicted octanol–water partition coefficient (Wildman–Crippen LogP) is -0.193. The molecule has 0 aromatic rings. The van der Waals surface area contributed by atoms with E-state index in [0.29, 0.717) is 6.42 Å². The van der Waals surface area contributed by atoms with Gasteiger partial charge >= 0.3 is 5.97 Å². The van der Waals surface area contributed by atoms with Crippen LogP contribution in [0.1, 0.15) is 19.8 Å². The Hall–Kier alpha value is -0.610. The third-order valence-corrected chi connectivity index (χ3v) is 1.69. The molecule has 0 aliphatic rings. The van der Waals surface area contributed by atoms with Crippen LogP contribution in [0.4, 0.5) is 0 Å². The van der Waals surface area contributed by atoms with Crippen LogP contribution < -0.4 is 5.73 Å². The Morgan fingerprint density at radius 3 is 2.45 bits per heavy atom. The molecule has 1 unspecified atom stereocenters. The van der Waals surface area contributed by atoms with Crippen molar-refractivity contribution in [3.05, 3.63) is 0 Å². The molecule has 66 valence electrons. The molecule has 11 heavy (non-hydrogen) atoms. The van der Waals surface area contributed by atoms with Crippen molar-refractivity contribution in [3.8, 4) is 0 Å². The maximum atomic E-state index is 10.3. The second kappa shape index (κ2) is 5.09. The van der Waals surface area contributed by atoms with Gasteiger partial charge in [0.15, 0.2) is 0 Å². The normalized spacial score (nSPS) is 15.9. The molecule has 0 fully saturated rings. The highest BCUT2D eigenvalue weighted by Crippen LogP contribution is 2.08. The molecule has 0 heterocycles. The largest absolute Gasteiger partial charge is 0.480 e. The average Bonchev–Trinajstić information content (AvgIpc) is 1.98. The molecule has 4 heteroatoms. The smallest absolute Gasteiger partial charge is 0.320 e. The minimum Gasteiger partial charge on any atom is -0.480 e. The Labute approximate surface area is 66.0 Å². The first-order valence-electron chi connectivity index (χ1n) is 3.72. The van der Waals surface area contributed by atoms with Gasteiger partial charge in [-0.3, -0.25) is 4.79 Å². The first kappa shape index (κ1) is 10.4. The number of carboxylic acid groups (broad SMARTS) is 1. The summed E-state index contributed by atoms with van der Waals surface area (Å²) in [5.74, 6) is -1.35. The molecular weight excluding hydrogens is 146 g/mol. The van der Waals surface area contributed by atoms with Gasteiger partial charge < -0.3 is 15.9 Å². The Morgan fingerprint density at radius 2 is 2.18 bits per heavy atom. The molecule has 4 N–H and O–H groups in total. The van der Waals surface area contributed by atoms with Gasteiger partial charge in [0.25, 0.3) is 0 Å². The number of carboxylic acids is 1. The van der Waals surface area contributed by atoms with Crippen molar-refractivity contribution in [2.75, 3.05) is 6.61 Å². The van der Waals surface area contributed by atoms with Crippen molar-refractivity contribution in [3.63, 3.8) is 0 Å². The van der Waals surface area contributed by atoms with Crippen LogP contribution >= 0.6 is 0 Å². The van der Waals surface area contributed by atoms with Gasteiger partial charge in [0, 0.05) is 12.5 Å². The minimum atomic E-state index is -1.04. The van der Waals surface area contributed by atoms with Gasteiger partial charge in [-0.05, 0) is 6.42 Å². The molecule has 0 amide bonds. The van der Waals surface area contributed by atoms with E-state index in [1.165, 1.54) is 0 Å². The van der Waals surface area contributed by atoms with E-state index in [1.54, 1.807) is 0 Å². The van der Waals surface area contributed by atoms with Gasteiger partial charge in [0.2, 0.25) is 0 Å². The summed E-state index contributed by atoms with van der Waals surface area (Å²) in [7, 11) is 0. The Balaban J connectivity index is 3.91. The third-order valence-electron chi connectivity index (χ3n) is 1.69. The quantitative estimate of drug-likeness (QED) is 0.521. The lowest BCUT2D eigenvalue weighted by Gasteiger charge is -2.16. The van der Waals surface area contributed by atoms with Gasteiger partial charge in [0.05, 0.1) is 0 Å². The Morgan fingerprint density at radius 1 is 1.64 bits per heavy atom.